The van der Waals surface area contributed by atoms with Crippen LogP contribution in [0.5, 0.6) is 17.2 Å². The van der Waals surface area contributed by atoms with Gasteiger partial charge < -0.3 is 15.6 Å². The number of hydrogen-bond donors (Lipinski definition) is 2. The van der Waals surface area contributed by atoms with Crippen LogP contribution in [-0.4, -0.2) is 5.11 Å². The second-order valence-electron chi connectivity index (χ2n) is 4.08. The number of phenolic OH excluding ortho intramolecular Hbond substituents is 1. The minimum absolute atomic E-state index is 0.225. The number of aryl methyl sites for hydroxylation is 2. The van der Waals surface area contributed by atoms with E-state index in [9.17, 15) is 5.11 Å². The highest BCUT2D eigenvalue weighted by atomic mass is 16.5. The molecular formula is C14H15NO2. The van der Waals surface area contributed by atoms with Gasteiger partial charge in [-0.05, 0) is 61.4 Å². The van der Waals surface area contributed by atoms with E-state index in [-0.39, 0.29) is 5.75 Å². The van der Waals surface area contributed by atoms with E-state index in [1.54, 1.807) is 24.3 Å². The SMILES string of the molecule is Cc1cc(N)cc(C)c1Oc1ccc(O)cc1. The van der Waals surface area contributed by atoms with Crippen LogP contribution in [0.2, 0.25) is 0 Å². The zero-order valence-electron chi connectivity index (χ0n) is 9.90. The summed E-state index contributed by atoms with van der Waals surface area (Å²) in [6.45, 7) is 3.91. The van der Waals surface area contributed by atoms with Crippen LogP contribution in [0.3, 0.4) is 0 Å². The van der Waals surface area contributed by atoms with Crippen LogP contribution >= 0.6 is 0 Å². The maximum absolute atomic E-state index is 9.20. The summed E-state index contributed by atoms with van der Waals surface area (Å²) in [6.07, 6.45) is 0. The summed E-state index contributed by atoms with van der Waals surface area (Å²) in [6, 6.07) is 10.4. The first kappa shape index (κ1) is 11.3. The van der Waals surface area contributed by atoms with Gasteiger partial charge in [0.15, 0.2) is 0 Å². The molecule has 3 nitrogen and oxygen atoms in total. The summed E-state index contributed by atoms with van der Waals surface area (Å²) >= 11 is 0. The zero-order valence-corrected chi connectivity index (χ0v) is 9.90. The van der Waals surface area contributed by atoms with E-state index in [1.807, 2.05) is 26.0 Å². The lowest BCUT2D eigenvalue weighted by Crippen LogP contribution is -1.94. The molecule has 0 fully saturated rings. The van der Waals surface area contributed by atoms with Crippen LogP contribution < -0.4 is 10.5 Å². The molecule has 0 aliphatic carbocycles. The standard InChI is InChI=1S/C14H15NO2/c1-9-7-11(15)8-10(2)14(9)17-13-5-3-12(16)4-6-13/h3-8,16H,15H2,1-2H3. The van der Waals surface area contributed by atoms with E-state index in [4.69, 9.17) is 10.5 Å². The van der Waals surface area contributed by atoms with Gasteiger partial charge in [0.2, 0.25) is 0 Å². The Morgan fingerprint density at radius 2 is 1.53 bits per heavy atom. The van der Waals surface area contributed by atoms with Crippen molar-refractivity contribution >= 4 is 5.69 Å². The number of nitrogens with two attached hydrogens (primary N) is 1. The molecule has 0 aliphatic heterocycles. The highest BCUT2D eigenvalue weighted by Gasteiger charge is 2.06. The van der Waals surface area contributed by atoms with E-state index < -0.39 is 0 Å². The number of phenols is 1. The maximum Gasteiger partial charge on any atom is 0.133 e. The van der Waals surface area contributed by atoms with E-state index in [0.29, 0.717) is 5.75 Å². The van der Waals surface area contributed by atoms with Gasteiger partial charge in [0.25, 0.3) is 0 Å². The third-order valence-corrected chi connectivity index (χ3v) is 2.54. The van der Waals surface area contributed by atoms with E-state index in [2.05, 4.69) is 0 Å². The zero-order chi connectivity index (χ0) is 12.4. The third-order valence-electron chi connectivity index (χ3n) is 2.54. The maximum atomic E-state index is 9.20. The first-order valence-electron chi connectivity index (χ1n) is 5.40. The summed E-state index contributed by atoms with van der Waals surface area (Å²) in [7, 11) is 0. The molecule has 0 bridgehead atoms. The smallest absolute Gasteiger partial charge is 0.133 e. The molecule has 2 aromatic rings. The van der Waals surface area contributed by atoms with Crippen molar-refractivity contribution in [3.05, 3.63) is 47.5 Å². The van der Waals surface area contributed by atoms with Gasteiger partial charge in [-0.1, -0.05) is 0 Å². The van der Waals surface area contributed by atoms with Crippen LogP contribution in [0.1, 0.15) is 11.1 Å². The van der Waals surface area contributed by atoms with Crippen LogP contribution in [0.4, 0.5) is 5.69 Å². The molecule has 0 unspecified atom stereocenters. The molecule has 0 heterocycles. The summed E-state index contributed by atoms with van der Waals surface area (Å²) in [5, 5.41) is 9.20. The Kier molecular flexibility index (Phi) is 2.91. The van der Waals surface area contributed by atoms with Gasteiger partial charge in [-0.3, -0.25) is 0 Å². The number of nitrogen functional groups attached to an aromatic ring is 1. The number of anilines is 1. The fraction of sp³-hybridized carbons (Fsp3) is 0.143. The number of ether oxygens (including phenoxy) is 1. The Hall–Kier alpha value is -2.16. The van der Waals surface area contributed by atoms with Gasteiger partial charge in [0.05, 0.1) is 0 Å². The molecule has 0 saturated heterocycles. The van der Waals surface area contributed by atoms with Crippen molar-refractivity contribution < 1.29 is 9.84 Å². The fourth-order valence-corrected chi connectivity index (χ4v) is 1.78. The van der Waals surface area contributed by atoms with Gasteiger partial charge in [-0.25, -0.2) is 0 Å². The molecule has 0 saturated carbocycles. The molecule has 3 N–H and O–H groups in total. The van der Waals surface area contributed by atoms with Gasteiger partial charge in [0.1, 0.15) is 17.2 Å². The first-order chi connectivity index (χ1) is 8.06. The number of benzene rings is 2. The molecule has 0 aromatic heterocycles. The molecular weight excluding hydrogens is 214 g/mol. The molecule has 2 rings (SSSR count). The molecule has 0 radical (unpaired) electrons. The Labute approximate surface area is 100 Å². The van der Waals surface area contributed by atoms with E-state index >= 15 is 0 Å². The number of aromatic hydroxyl groups is 1. The summed E-state index contributed by atoms with van der Waals surface area (Å²) < 4.78 is 5.78. The largest absolute Gasteiger partial charge is 0.508 e. The van der Waals surface area contributed by atoms with Crippen molar-refractivity contribution in [1.82, 2.24) is 0 Å². The summed E-state index contributed by atoms with van der Waals surface area (Å²) in [4.78, 5) is 0. The Morgan fingerprint density at radius 3 is 2.06 bits per heavy atom. The lowest BCUT2D eigenvalue weighted by atomic mass is 10.1. The summed E-state index contributed by atoms with van der Waals surface area (Å²) in [5.74, 6) is 1.73. The van der Waals surface area contributed by atoms with E-state index in [0.717, 1.165) is 22.6 Å². The van der Waals surface area contributed by atoms with Gasteiger partial charge in [-0.2, -0.15) is 0 Å². The third kappa shape index (κ3) is 2.50. The van der Waals surface area contributed by atoms with Crippen molar-refractivity contribution in [2.75, 3.05) is 5.73 Å². The molecule has 0 aliphatic rings. The van der Waals surface area contributed by atoms with Crippen molar-refractivity contribution in [2.45, 2.75) is 13.8 Å². The molecule has 0 amide bonds. The normalized spacial score (nSPS) is 10.2. The second kappa shape index (κ2) is 4.37. The Morgan fingerprint density at radius 1 is 1.00 bits per heavy atom. The predicted octanol–water partition coefficient (Wildman–Crippen LogP) is 3.38. The van der Waals surface area contributed by atoms with Gasteiger partial charge in [0, 0.05) is 5.69 Å². The molecule has 3 heteroatoms. The van der Waals surface area contributed by atoms with Crippen molar-refractivity contribution in [3.8, 4) is 17.2 Å². The minimum atomic E-state index is 0.225. The van der Waals surface area contributed by atoms with Crippen LogP contribution in [-0.2, 0) is 0 Å². The van der Waals surface area contributed by atoms with Crippen LogP contribution in [0.15, 0.2) is 36.4 Å². The average Bonchev–Trinajstić information content (AvgIpc) is 2.26. The van der Waals surface area contributed by atoms with Crippen LogP contribution in [0, 0.1) is 13.8 Å². The molecule has 0 atom stereocenters. The average molecular weight is 229 g/mol. The summed E-state index contributed by atoms with van der Waals surface area (Å²) in [5.41, 5.74) is 8.48. The van der Waals surface area contributed by atoms with Crippen LogP contribution in [0.25, 0.3) is 0 Å². The molecule has 2 aromatic carbocycles. The lowest BCUT2D eigenvalue weighted by molar-refractivity contribution is 0.461. The minimum Gasteiger partial charge on any atom is -0.508 e. The van der Waals surface area contributed by atoms with Crippen molar-refractivity contribution in [1.29, 1.82) is 0 Å². The number of hydrogen-bond acceptors (Lipinski definition) is 3. The second-order valence-corrected chi connectivity index (χ2v) is 4.08. The molecule has 0 spiro atoms. The van der Waals surface area contributed by atoms with Gasteiger partial charge in [-0.15, -0.1) is 0 Å². The highest BCUT2D eigenvalue weighted by molar-refractivity contribution is 5.53. The quantitative estimate of drug-likeness (QED) is 0.776. The first-order valence-corrected chi connectivity index (χ1v) is 5.40. The fourth-order valence-electron chi connectivity index (χ4n) is 1.78. The van der Waals surface area contributed by atoms with Gasteiger partial charge >= 0.3 is 0 Å². The number of rotatable bonds is 2. The highest BCUT2D eigenvalue weighted by Crippen LogP contribution is 2.31. The molecule has 88 valence electrons. The van der Waals surface area contributed by atoms with Crippen molar-refractivity contribution in [3.63, 3.8) is 0 Å². The monoisotopic (exact) mass is 229 g/mol. The Balaban J connectivity index is 2.33. The van der Waals surface area contributed by atoms with Crippen molar-refractivity contribution in [2.24, 2.45) is 0 Å². The lowest BCUT2D eigenvalue weighted by Gasteiger charge is -2.12. The predicted molar refractivity (Wildman–Crippen MR) is 68.5 cm³/mol. The topological polar surface area (TPSA) is 55.5 Å². The van der Waals surface area contributed by atoms with E-state index in [1.165, 1.54) is 0 Å². The molecule has 17 heavy (non-hydrogen) atoms. The Bertz CT molecular complexity index is 509.